The maximum absolute atomic E-state index is 5.11. The van der Waals surface area contributed by atoms with E-state index in [2.05, 4.69) is 37.7 Å². The summed E-state index contributed by atoms with van der Waals surface area (Å²) in [6, 6.07) is 6.20. The Labute approximate surface area is 123 Å². The second-order valence-corrected chi connectivity index (χ2v) is 5.49. The number of likely N-dealkylation sites (N-methyl/N-ethyl adjacent to an activating group) is 1. The molecule has 0 atom stereocenters. The molecule has 2 heterocycles. The largest absolute Gasteiger partial charge is 0.377 e. The third-order valence-corrected chi connectivity index (χ3v) is 3.89. The molecule has 0 amide bonds. The van der Waals surface area contributed by atoms with Gasteiger partial charge in [-0.15, -0.1) is 11.3 Å². The molecule has 5 nitrogen and oxygen atoms in total. The number of anilines is 2. The van der Waals surface area contributed by atoms with E-state index in [4.69, 9.17) is 4.74 Å². The molecular weight excluding hydrogens is 272 g/mol. The molecule has 108 valence electrons. The fourth-order valence-electron chi connectivity index (χ4n) is 1.85. The highest BCUT2D eigenvalue weighted by Gasteiger charge is 2.08. The van der Waals surface area contributed by atoms with Crippen LogP contribution >= 0.6 is 11.3 Å². The van der Waals surface area contributed by atoms with Gasteiger partial charge in [0.25, 0.3) is 0 Å². The monoisotopic (exact) mass is 292 g/mol. The third-order valence-electron chi connectivity index (χ3n) is 2.95. The van der Waals surface area contributed by atoms with Gasteiger partial charge in [-0.2, -0.15) is 0 Å². The van der Waals surface area contributed by atoms with Gasteiger partial charge in [-0.05, 0) is 17.9 Å². The quantitative estimate of drug-likeness (QED) is 0.849. The Bertz CT molecular complexity index is 530. The van der Waals surface area contributed by atoms with Crippen molar-refractivity contribution in [2.24, 2.45) is 0 Å². The number of rotatable bonds is 7. The number of hydrogen-bond donors (Lipinski definition) is 1. The lowest BCUT2D eigenvalue weighted by molar-refractivity contribution is 0.178. The van der Waals surface area contributed by atoms with Crippen molar-refractivity contribution in [3.05, 3.63) is 34.3 Å². The highest BCUT2D eigenvalue weighted by Crippen LogP contribution is 2.16. The number of nitrogens with zero attached hydrogens (tertiary/aromatic N) is 3. The van der Waals surface area contributed by atoms with Crippen molar-refractivity contribution in [3.8, 4) is 0 Å². The summed E-state index contributed by atoms with van der Waals surface area (Å²) < 4.78 is 5.11. The van der Waals surface area contributed by atoms with Gasteiger partial charge in [0.2, 0.25) is 0 Å². The molecule has 0 spiro atoms. The van der Waals surface area contributed by atoms with Gasteiger partial charge in [0.15, 0.2) is 5.82 Å². The first-order valence-electron chi connectivity index (χ1n) is 6.51. The Balaban J connectivity index is 2.07. The molecule has 0 saturated heterocycles. The molecule has 0 unspecified atom stereocenters. The van der Waals surface area contributed by atoms with E-state index in [0.717, 1.165) is 24.6 Å². The zero-order valence-corrected chi connectivity index (χ0v) is 12.9. The first-order valence-corrected chi connectivity index (χ1v) is 7.39. The predicted molar refractivity (Wildman–Crippen MR) is 83.6 cm³/mol. The minimum absolute atomic E-state index is 0.418. The summed E-state index contributed by atoms with van der Waals surface area (Å²) in [7, 11) is 5.55. The topological polar surface area (TPSA) is 50.3 Å². The van der Waals surface area contributed by atoms with Gasteiger partial charge in [0.05, 0.1) is 0 Å². The molecule has 0 radical (unpaired) electrons. The van der Waals surface area contributed by atoms with E-state index in [9.17, 15) is 0 Å². The number of methoxy groups -OCH3 is 1. The van der Waals surface area contributed by atoms with Crippen molar-refractivity contribution < 1.29 is 4.74 Å². The minimum Gasteiger partial charge on any atom is -0.377 e. The number of nitrogens with one attached hydrogen (secondary N) is 1. The van der Waals surface area contributed by atoms with Gasteiger partial charge in [-0.1, -0.05) is 6.07 Å². The van der Waals surface area contributed by atoms with Crippen molar-refractivity contribution in [3.63, 3.8) is 0 Å². The van der Waals surface area contributed by atoms with Crippen LogP contribution in [0, 0.1) is 0 Å². The van der Waals surface area contributed by atoms with Crippen LogP contribution in [0.5, 0.6) is 0 Å². The molecular formula is C14H20N4OS. The predicted octanol–water partition coefficient (Wildman–Crippen LogP) is 2.41. The van der Waals surface area contributed by atoms with Crippen LogP contribution in [0.3, 0.4) is 0 Å². The normalized spacial score (nSPS) is 10.6. The zero-order valence-electron chi connectivity index (χ0n) is 12.1. The summed E-state index contributed by atoms with van der Waals surface area (Å²) in [4.78, 5) is 12.4. The Hall–Kier alpha value is -1.66. The fraction of sp³-hybridized carbons (Fsp3) is 0.429. The third kappa shape index (κ3) is 3.91. The summed E-state index contributed by atoms with van der Waals surface area (Å²) in [5, 5.41) is 5.17. The Morgan fingerprint density at radius 2 is 2.25 bits per heavy atom. The van der Waals surface area contributed by atoms with Crippen molar-refractivity contribution in [2.45, 2.75) is 13.0 Å². The summed E-state index contributed by atoms with van der Waals surface area (Å²) in [5.41, 5.74) is 0. The van der Waals surface area contributed by atoms with E-state index >= 15 is 0 Å². The smallest absolute Gasteiger partial charge is 0.158 e. The number of thiophene rings is 1. The standard InChI is InChI=1S/C14H20N4OS/c1-15-12-9-14(17-13(16-12)10-19-3)18(2)7-6-11-5-4-8-20-11/h4-5,8-9H,6-7,10H2,1-3H3,(H,15,16,17). The van der Waals surface area contributed by atoms with E-state index in [1.165, 1.54) is 4.88 Å². The Morgan fingerprint density at radius 3 is 2.90 bits per heavy atom. The SMILES string of the molecule is CNc1cc(N(C)CCc2cccs2)nc(COC)n1. The molecule has 2 aromatic heterocycles. The highest BCUT2D eigenvalue weighted by molar-refractivity contribution is 7.09. The van der Waals surface area contributed by atoms with Crippen molar-refractivity contribution >= 4 is 23.0 Å². The molecule has 20 heavy (non-hydrogen) atoms. The second kappa shape index (κ2) is 7.21. The van der Waals surface area contributed by atoms with E-state index in [1.807, 2.05) is 20.2 Å². The molecule has 0 saturated carbocycles. The molecule has 2 aromatic rings. The molecule has 2 rings (SSSR count). The van der Waals surface area contributed by atoms with Gasteiger partial charge in [0.1, 0.15) is 18.2 Å². The maximum atomic E-state index is 5.11. The molecule has 0 fully saturated rings. The lowest BCUT2D eigenvalue weighted by Gasteiger charge is -2.19. The highest BCUT2D eigenvalue weighted by atomic mass is 32.1. The van der Waals surface area contributed by atoms with Gasteiger partial charge in [-0.3, -0.25) is 0 Å². The van der Waals surface area contributed by atoms with Crippen LogP contribution in [0.1, 0.15) is 10.7 Å². The van der Waals surface area contributed by atoms with Gasteiger partial charge in [0, 0.05) is 38.7 Å². The minimum atomic E-state index is 0.418. The number of ether oxygens (including phenoxy) is 1. The van der Waals surface area contributed by atoms with E-state index in [1.54, 1.807) is 18.4 Å². The van der Waals surface area contributed by atoms with Crippen LogP contribution in [0.2, 0.25) is 0 Å². The lowest BCUT2D eigenvalue weighted by Crippen LogP contribution is -2.22. The average molecular weight is 292 g/mol. The molecule has 0 aliphatic heterocycles. The van der Waals surface area contributed by atoms with Crippen LogP contribution in [0.4, 0.5) is 11.6 Å². The Morgan fingerprint density at radius 1 is 1.40 bits per heavy atom. The summed E-state index contributed by atoms with van der Waals surface area (Å²) >= 11 is 1.79. The van der Waals surface area contributed by atoms with Crippen LogP contribution in [-0.2, 0) is 17.8 Å². The van der Waals surface area contributed by atoms with E-state index in [0.29, 0.717) is 12.4 Å². The first kappa shape index (κ1) is 14.7. The van der Waals surface area contributed by atoms with Crippen LogP contribution in [0.25, 0.3) is 0 Å². The van der Waals surface area contributed by atoms with Gasteiger partial charge >= 0.3 is 0 Å². The molecule has 0 aliphatic rings. The van der Waals surface area contributed by atoms with Crippen LogP contribution in [-0.4, -0.2) is 37.7 Å². The van der Waals surface area contributed by atoms with Crippen molar-refractivity contribution in [2.75, 3.05) is 38.0 Å². The van der Waals surface area contributed by atoms with Crippen molar-refractivity contribution in [1.29, 1.82) is 0 Å². The Kier molecular flexibility index (Phi) is 5.31. The molecule has 1 N–H and O–H groups in total. The summed E-state index contributed by atoms with van der Waals surface area (Å²) in [5.74, 6) is 2.41. The molecule has 6 heteroatoms. The lowest BCUT2D eigenvalue weighted by atomic mass is 10.3. The maximum Gasteiger partial charge on any atom is 0.158 e. The van der Waals surface area contributed by atoms with Crippen LogP contribution in [0.15, 0.2) is 23.6 Å². The number of hydrogen-bond acceptors (Lipinski definition) is 6. The van der Waals surface area contributed by atoms with Gasteiger partial charge in [-0.25, -0.2) is 9.97 Å². The molecule has 0 aliphatic carbocycles. The summed E-state index contributed by atoms with van der Waals surface area (Å²) in [6.07, 6.45) is 1.02. The summed E-state index contributed by atoms with van der Waals surface area (Å²) in [6.45, 7) is 1.34. The van der Waals surface area contributed by atoms with Crippen molar-refractivity contribution in [1.82, 2.24) is 9.97 Å². The van der Waals surface area contributed by atoms with Gasteiger partial charge < -0.3 is 15.0 Å². The van der Waals surface area contributed by atoms with E-state index in [-0.39, 0.29) is 0 Å². The van der Waals surface area contributed by atoms with Crippen LogP contribution < -0.4 is 10.2 Å². The average Bonchev–Trinajstić information content (AvgIpc) is 2.98. The molecule has 0 bridgehead atoms. The van der Waals surface area contributed by atoms with E-state index < -0.39 is 0 Å². The zero-order chi connectivity index (χ0) is 14.4. The molecule has 0 aromatic carbocycles. The first-order chi connectivity index (χ1) is 9.72. The second-order valence-electron chi connectivity index (χ2n) is 4.46. The number of aromatic nitrogens is 2. The fourth-order valence-corrected chi connectivity index (χ4v) is 2.55.